The van der Waals surface area contributed by atoms with E-state index in [2.05, 4.69) is 30.5 Å². The third kappa shape index (κ3) is 4.12. The van der Waals surface area contributed by atoms with E-state index in [0.717, 1.165) is 5.69 Å². The maximum absolute atomic E-state index is 12.0. The number of para-hydroxylation sites is 2. The van der Waals surface area contributed by atoms with Crippen LogP contribution in [0.4, 0.5) is 28.6 Å². The highest BCUT2D eigenvalue weighted by Gasteiger charge is 2.25. The number of aromatic nitrogens is 4. The van der Waals surface area contributed by atoms with Gasteiger partial charge in [0, 0.05) is 5.69 Å². The maximum atomic E-state index is 12.0. The molecule has 5 aromatic rings. The molecule has 3 aromatic carbocycles. The van der Waals surface area contributed by atoms with Gasteiger partial charge in [0.25, 0.3) is 0 Å². The third-order valence-electron chi connectivity index (χ3n) is 4.83. The molecule has 0 fully saturated rings. The lowest BCUT2D eigenvalue weighted by Crippen LogP contribution is -2.07. The van der Waals surface area contributed by atoms with E-state index in [9.17, 15) is 10.1 Å². The maximum Gasteiger partial charge on any atom is 0.354 e. The monoisotopic (exact) mass is 436 g/mol. The number of rotatable bonds is 6. The molecule has 0 radical (unpaired) electrons. The number of nitrogens with zero attached hydrogens (tertiary/aromatic N) is 7. The standard InChI is InChI=1S/C23H16N8O2/c32-31(33)21-22(24-14-25-23(21)30-15-26-19-8-4-5-9-20(19)30)27-16-10-12-18(13-11-16)29-28-17-6-2-1-3-7-17/h1-15H,(H,24,25,27). The zero-order valence-electron chi connectivity index (χ0n) is 17.1. The van der Waals surface area contributed by atoms with Crippen molar-refractivity contribution in [2.45, 2.75) is 0 Å². The average molecular weight is 436 g/mol. The molecule has 0 atom stereocenters. The molecule has 33 heavy (non-hydrogen) atoms. The van der Waals surface area contributed by atoms with Gasteiger partial charge in [0.15, 0.2) is 0 Å². The molecule has 2 heterocycles. The van der Waals surface area contributed by atoms with Crippen LogP contribution < -0.4 is 5.32 Å². The molecule has 0 saturated carbocycles. The van der Waals surface area contributed by atoms with Crippen LogP contribution in [0.5, 0.6) is 0 Å². The zero-order valence-corrected chi connectivity index (χ0v) is 17.1. The lowest BCUT2D eigenvalue weighted by molar-refractivity contribution is -0.384. The zero-order chi connectivity index (χ0) is 22.6. The number of benzene rings is 3. The second kappa shape index (κ2) is 8.63. The van der Waals surface area contributed by atoms with E-state index in [1.807, 2.05) is 54.6 Å². The Kier molecular flexibility index (Phi) is 5.22. The number of nitro groups is 1. The van der Waals surface area contributed by atoms with E-state index in [4.69, 9.17) is 0 Å². The minimum atomic E-state index is -0.505. The second-order valence-electron chi connectivity index (χ2n) is 6.96. The molecule has 0 aliphatic carbocycles. The van der Waals surface area contributed by atoms with Gasteiger partial charge in [-0.15, -0.1) is 0 Å². The molecule has 0 unspecified atom stereocenters. The van der Waals surface area contributed by atoms with Crippen LogP contribution in [0.2, 0.25) is 0 Å². The second-order valence-corrected chi connectivity index (χ2v) is 6.96. The highest BCUT2D eigenvalue weighted by molar-refractivity contribution is 5.79. The van der Waals surface area contributed by atoms with Crippen LogP contribution in [-0.2, 0) is 0 Å². The molecule has 0 aliphatic heterocycles. The SMILES string of the molecule is O=[N+]([O-])c1c(Nc2ccc(N=Nc3ccccc3)cc2)ncnc1-n1cnc2ccccc21. The van der Waals surface area contributed by atoms with Crippen molar-refractivity contribution in [3.05, 3.63) is 102 Å². The molecule has 2 aromatic heterocycles. The number of hydrogen-bond acceptors (Lipinski definition) is 8. The molecule has 0 saturated heterocycles. The summed E-state index contributed by atoms with van der Waals surface area (Å²) in [7, 11) is 0. The summed E-state index contributed by atoms with van der Waals surface area (Å²) in [5.74, 6) is 0.195. The number of hydrogen-bond donors (Lipinski definition) is 1. The van der Waals surface area contributed by atoms with Gasteiger partial charge in [-0.25, -0.2) is 15.0 Å². The van der Waals surface area contributed by atoms with Crippen molar-refractivity contribution in [1.82, 2.24) is 19.5 Å². The summed E-state index contributed by atoms with van der Waals surface area (Å²) < 4.78 is 1.58. The van der Waals surface area contributed by atoms with E-state index < -0.39 is 4.92 Å². The van der Waals surface area contributed by atoms with Crippen LogP contribution in [0.15, 0.2) is 102 Å². The van der Waals surface area contributed by atoms with Crippen molar-refractivity contribution in [2.75, 3.05) is 5.32 Å². The molecule has 0 aliphatic rings. The molecule has 160 valence electrons. The lowest BCUT2D eigenvalue weighted by Gasteiger charge is -2.09. The van der Waals surface area contributed by atoms with Gasteiger partial charge in [0.05, 0.1) is 27.3 Å². The van der Waals surface area contributed by atoms with E-state index in [-0.39, 0.29) is 17.3 Å². The fourth-order valence-corrected chi connectivity index (χ4v) is 3.29. The Balaban J connectivity index is 1.45. The lowest BCUT2D eigenvalue weighted by atomic mass is 10.2. The summed E-state index contributed by atoms with van der Waals surface area (Å²) in [5, 5.41) is 23.3. The summed E-state index contributed by atoms with van der Waals surface area (Å²) >= 11 is 0. The number of anilines is 2. The summed E-state index contributed by atoms with van der Waals surface area (Å²) in [6.07, 6.45) is 2.79. The van der Waals surface area contributed by atoms with Gasteiger partial charge in [0.2, 0.25) is 11.6 Å². The van der Waals surface area contributed by atoms with Gasteiger partial charge >= 0.3 is 5.69 Å². The normalized spacial score (nSPS) is 11.2. The molecule has 0 bridgehead atoms. The molecule has 10 nitrogen and oxygen atoms in total. The Morgan fingerprint density at radius 2 is 1.52 bits per heavy atom. The Bertz CT molecular complexity index is 1460. The summed E-state index contributed by atoms with van der Waals surface area (Å²) in [4.78, 5) is 24.0. The van der Waals surface area contributed by atoms with Gasteiger partial charge in [-0.05, 0) is 48.5 Å². The number of nitrogens with one attached hydrogen (secondary N) is 1. The summed E-state index contributed by atoms with van der Waals surface area (Å²) in [6, 6.07) is 23.7. The molecular formula is C23H16N8O2. The van der Waals surface area contributed by atoms with Crippen LogP contribution >= 0.6 is 0 Å². The van der Waals surface area contributed by atoms with Crippen molar-refractivity contribution in [2.24, 2.45) is 10.2 Å². The topological polar surface area (TPSA) is 123 Å². The van der Waals surface area contributed by atoms with E-state index >= 15 is 0 Å². The molecule has 0 spiro atoms. The third-order valence-corrected chi connectivity index (χ3v) is 4.83. The highest BCUT2D eigenvalue weighted by Crippen LogP contribution is 2.32. The first-order chi connectivity index (χ1) is 16.2. The minimum Gasteiger partial charge on any atom is -0.334 e. The van der Waals surface area contributed by atoms with Gasteiger partial charge in [-0.2, -0.15) is 10.2 Å². The first kappa shape index (κ1) is 19.9. The number of imidazole rings is 1. The highest BCUT2D eigenvalue weighted by atomic mass is 16.6. The average Bonchev–Trinajstić information content (AvgIpc) is 3.28. The van der Waals surface area contributed by atoms with Crippen molar-refractivity contribution < 1.29 is 4.92 Å². The van der Waals surface area contributed by atoms with Crippen molar-refractivity contribution >= 4 is 39.6 Å². The van der Waals surface area contributed by atoms with Crippen LogP contribution in [0.25, 0.3) is 16.9 Å². The minimum absolute atomic E-state index is 0.0708. The van der Waals surface area contributed by atoms with E-state index in [0.29, 0.717) is 22.4 Å². The molecule has 0 amide bonds. The number of fused-ring (bicyclic) bond motifs is 1. The number of azo groups is 1. The Morgan fingerprint density at radius 1 is 0.818 bits per heavy atom. The summed E-state index contributed by atoms with van der Waals surface area (Å²) in [5.41, 5.74) is 3.16. The van der Waals surface area contributed by atoms with Crippen LogP contribution in [0.3, 0.4) is 0 Å². The Hall–Kier alpha value is -4.99. The predicted octanol–water partition coefficient (Wildman–Crippen LogP) is 5.88. The molecule has 5 rings (SSSR count). The fraction of sp³-hybridized carbons (Fsp3) is 0. The first-order valence-corrected chi connectivity index (χ1v) is 9.95. The van der Waals surface area contributed by atoms with Gasteiger partial charge in [-0.1, -0.05) is 30.3 Å². The molecule has 1 N–H and O–H groups in total. The van der Waals surface area contributed by atoms with Gasteiger partial charge < -0.3 is 5.32 Å². The van der Waals surface area contributed by atoms with Gasteiger partial charge in [-0.3, -0.25) is 14.7 Å². The largest absolute Gasteiger partial charge is 0.354 e. The summed E-state index contributed by atoms with van der Waals surface area (Å²) in [6.45, 7) is 0. The predicted molar refractivity (Wildman–Crippen MR) is 124 cm³/mol. The van der Waals surface area contributed by atoms with E-state index in [1.54, 1.807) is 28.8 Å². The van der Waals surface area contributed by atoms with E-state index in [1.165, 1.54) is 12.7 Å². The van der Waals surface area contributed by atoms with Crippen molar-refractivity contribution in [3.63, 3.8) is 0 Å². The van der Waals surface area contributed by atoms with Crippen LogP contribution in [0, 0.1) is 10.1 Å². The molecular weight excluding hydrogens is 420 g/mol. The van der Waals surface area contributed by atoms with Gasteiger partial charge in [0.1, 0.15) is 12.7 Å². The fourth-order valence-electron chi connectivity index (χ4n) is 3.29. The van der Waals surface area contributed by atoms with Crippen LogP contribution in [0.1, 0.15) is 0 Å². The van der Waals surface area contributed by atoms with Crippen LogP contribution in [-0.4, -0.2) is 24.4 Å². The Labute approximate surface area is 187 Å². The Morgan fingerprint density at radius 3 is 2.27 bits per heavy atom. The first-order valence-electron chi connectivity index (χ1n) is 9.95. The van der Waals surface area contributed by atoms with Crippen molar-refractivity contribution in [1.29, 1.82) is 0 Å². The van der Waals surface area contributed by atoms with Crippen molar-refractivity contribution in [3.8, 4) is 5.82 Å². The quantitative estimate of drug-likeness (QED) is 0.201. The smallest absolute Gasteiger partial charge is 0.334 e. The molecule has 10 heteroatoms.